The maximum atomic E-state index is 8.82. The third-order valence-electron chi connectivity index (χ3n) is 2.93. The van der Waals surface area contributed by atoms with Crippen LogP contribution in [0.25, 0.3) is 0 Å². The number of nitrogens with one attached hydrogen (secondary N) is 1. The predicted molar refractivity (Wildman–Crippen MR) is 62.5 cm³/mol. The second-order valence-electron chi connectivity index (χ2n) is 4.36. The highest BCUT2D eigenvalue weighted by molar-refractivity contribution is 4.75. The summed E-state index contributed by atoms with van der Waals surface area (Å²) in [6.07, 6.45) is 4.58. The van der Waals surface area contributed by atoms with Crippen molar-refractivity contribution in [2.75, 3.05) is 6.61 Å². The molecule has 0 aliphatic heterocycles. The van der Waals surface area contributed by atoms with Crippen molar-refractivity contribution in [2.45, 2.75) is 65.5 Å². The zero-order valence-electron chi connectivity index (χ0n) is 10.2. The lowest BCUT2D eigenvalue weighted by molar-refractivity contribution is 0.247. The molecule has 2 unspecified atom stereocenters. The Balaban J connectivity index is 3.87. The lowest BCUT2D eigenvalue weighted by Gasteiger charge is -2.27. The van der Waals surface area contributed by atoms with E-state index in [1.165, 1.54) is 19.3 Å². The average molecular weight is 201 g/mol. The van der Waals surface area contributed by atoms with Crippen LogP contribution in [0, 0.1) is 5.92 Å². The highest BCUT2D eigenvalue weighted by atomic mass is 16.3. The average Bonchev–Trinajstić information content (AvgIpc) is 2.15. The Hall–Kier alpha value is -0.0800. The summed E-state index contributed by atoms with van der Waals surface area (Å²) >= 11 is 0. The van der Waals surface area contributed by atoms with Crippen LogP contribution in [-0.4, -0.2) is 23.8 Å². The summed E-state index contributed by atoms with van der Waals surface area (Å²) in [5.41, 5.74) is 0. The molecule has 0 spiro atoms. The van der Waals surface area contributed by atoms with E-state index in [2.05, 4.69) is 33.0 Å². The van der Waals surface area contributed by atoms with E-state index >= 15 is 0 Å². The summed E-state index contributed by atoms with van der Waals surface area (Å²) in [5.74, 6) is 0.742. The van der Waals surface area contributed by atoms with Gasteiger partial charge in [-0.25, -0.2) is 0 Å². The molecule has 0 saturated heterocycles. The normalized spacial score (nSPS) is 17.8. The van der Waals surface area contributed by atoms with Gasteiger partial charge in [-0.3, -0.25) is 0 Å². The van der Waals surface area contributed by atoms with E-state index in [1.807, 2.05) is 0 Å². The predicted octanol–water partition coefficient (Wildman–Crippen LogP) is 2.56. The molecule has 0 aromatic rings. The number of rotatable bonds is 8. The van der Waals surface area contributed by atoms with Crippen molar-refractivity contribution >= 4 is 0 Å². The summed E-state index contributed by atoms with van der Waals surface area (Å²) < 4.78 is 0. The standard InChI is InChI=1S/C12H27NO/c1-5-7-10(3)12(6-2)13-11(4)8-9-14/h10-14H,5-9H2,1-4H3/t10?,11-,12?/m1/s1. The van der Waals surface area contributed by atoms with Gasteiger partial charge in [-0.1, -0.05) is 27.2 Å². The van der Waals surface area contributed by atoms with Crippen molar-refractivity contribution in [3.8, 4) is 0 Å². The highest BCUT2D eigenvalue weighted by Gasteiger charge is 2.16. The van der Waals surface area contributed by atoms with E-state index in [4.69, 9.17) is 5.11 Å². The van der Waals surface area contributed by atoms with Gasteiger partial charge in [0, 0.05) is 18.7 Å². The SMILES string of the molecule is CCCC(C)C(CC)N[C@H](C)CCO. The topological polar surface area (TPSA) is 32.3 Å². The molecule has 2 N–H and O–H groups in total. The van der Waals surface area contributed by atoms with Gasteiger partial charge in [0.05, 0.1) is 0 Å². The van der Waals surface area contributed by atoms with Crippen molar-refractivity contribution in [1.82, 2.24) is 5.32 Å². The Kier molecular flexibility index (Phi) is 8.20. The minimum Gasteiger partial charge on any atom is -0.396 e. The lowest BCUT2D eigenvalue weighted by Crippen LogP contribution is -2.40. The Morgan fingerprint density at radius 1 is 1.14 bits per heavy atom. The van der Waals surface area contributed by atoms with Crippen molar-refractivity contribution in [2.24, 2.45) is 5.92 Å². The molecule has 86 valence electrons. The Labute approximate surface area is 89.1 Å². The van der Waals surface area contributed by atoms with Crippen LogP contribution in [0.3, 0.4) is 0 Å². The summed E-state index contributed by atoms with van der Waals surface area (Å²) in [7, 11) is 0. The molecule has 2 nitrogen and oxygen atoms in total. The first-order chi connectivity index (χ1) is 6.65. The van der Waals surface area contributed by atoms with Gasteiger partial charge in [0.1, 0.15) is 0 Å². The molecule has 0 aromatic carbocycles. The minimum absolute atomic E-state index is 0.284. The van der Waals surface area contributed by atoms with E-state index < -0.39 is 0 Å². The zero-order chi connectivity index (χ0) is 11.0. The fraction of sp³-hybridized carbons (Fsp3) is 1.00. The van der Waals surface area contributed by atoms with Crippen LogP contribution in [0.5, 0.6) is 0 Å². The van der Waals surface area contributed by atoms with Crippen molar-refractivity contribution in [3.05, 3.63) is 0 Å². The molecule has 0 bridgehead atoms. The Bertz CT molecular complexity index is 127. The van der Waals surface area contributed by atoms with Crippen LogP contribution in [0.2, 0.25) is 0 Å². The van der Waals surface area contributed by atoms with Gasteiger partial charge in [0.2, 0.25) is 0 Å². The lowest BCUT2D eigenvalue weighted by atomic mass is 9.94. The van der Waals surface area contributed by atoms with E-state index in [0.717, 1.165) is 12.3 Å². The number of hydrogen-bond donors (Lipinski definition) is 2. The third-order valence-corrected chi connectivity index (χ3v) is 2.93. The van der Waals surface area contributed by atoms with Crippen molar-refractivity contribution < 1.29 is 5.11 Å². The molecule has 0 heterocycles. The first kappa shape index (κ1) is 13.9. The molecule has 14 heavy (non-hydrogen) atoms. The van der Waals surface area contributed by atoms with Gasteiger partial charge in [0.25, 0.3) is 0 Å². The monoisotopic (exact) mass is 201 g/mol. The maximum absolute atomic E-state index is 8.82. The van der Waals surface area contributed by atoms with Gasteiger partial charge in [0.15, 0.2) is 0 Å². The van der Waals surface area contributed by atoms with Gasteiger partial charge in [-0.2, -0.15) is 0 Å². The molecule has 0 aromatic heterocycles. The largest absolute Gasteiger partial charge is 0.396 e. The molecule has 3 atom stereocenters. The summed E-state index contributed by atoms with van der Waals surface area (Å²) in [6, 6.07) is 1.04. The highest BCUT2D eigenvalue weighted by Crippen LogP contribution is 2.14. The smallest absolute Gasteiger partial charge is 0.0445 e. The Morgan fingerprint density at radius 2 is 1.79 bits per heavy atom. The quantitative estimate of drug-likeness (QED) is 0.632. The van der Waals surface area contributed by atoms with E-state index in [-0.39, 0.29) is 6.61 Å². The first-order valence-electron chi connectivity index (χ1n) is 6.02. The van der Waals surface area contributed by atoms with Crippen LogP contribution in [0.1, 0.15) is 53.4 Å². The maximum Gasteiger partial charge on any atom is 0.0445 e. The fourth-order valence-corrected chi connectivity index (χ4v) is 1.98. The molecule has 2 heteroatoms. The van der Waals surface area contributed by atoms with E-state index in [9.17, 15) is 0 Å². The molecule has 0 radical (unpaired) electrons. The number of aliphatic hydroxyl groups is 1. The molecular formula is C12H27NO. The number of hydrogen-bond acceptors (Lipinski definition) is 2. The van der Waals surface area contributed by atoms with Crippen LogP contribution < -0.4 is 5.32 Å². The van der Waals surface area contributed by atoms with Crippen LogP contribution in [-0.2, 0) is 0 Å². The van der Waals surface area contributed by atoms with E-state index in [0.29, 0.717) is 12.1 Å². The zero-order valence-corrected chi connectivity index (χ0v) is 10.2. The van der Waals surface area contributed by atoms with Crippen LogP contribution in [0.15, 0.2) is 0 Å². The van der Waals surface area contributed by atoms with Crippen LogP contribution >= 0.6 is 0 Å². The third kappa shape index (κ3) is 5.61. The molecule has 0 aliphatic carbocycles. The van der Waals surface area contributed by atoms with Gasteiger partial charge in [-0.05, 0) is 32.1 Å². The fourth-order valence-electron chi connectivity index (χ4n) is 1.98. The van der Waals surface area contributed by atoms with Crippen molar-refractivity contribution in [1.29, 1.82) is 0 Å². The summed E-state index contributed by atoms with van der Waals surface area (Å²) in [4.78, 5) is 0. The Morgan fingerprint density at radius 3 is 2.21 bits per heavy atom. The van der Waals surface area contributed by atoms with E-state index in [1.54, 1.807) is 0 Å². The molecule has 0 saturated carbocycles. The number of aliphatic hydroxyl groups excluding tert-OH is 1. The second-order valence-corrected chi connectivity index (χ2v) is 4.36. The van der Waals surface area contributed by atoms with Crippen LogP contribution in [0.4, 0.5) is 0 Å². The summed E-state index contributed by atoms with van der Waals surface area (Å²) in [5, 5.41) is 12.4. The van der Waals surface area contributed by atoms with Crippen molar-refractivity contribution in [3.63, 3.8) is 0 Å². The summed E-state index contributed by atoms with van der Waals surface area (Å²) in [6.45, 7) is 9.22. The van der Waals surface area contributed by atoms with Gasteiger partial charge >= 0.3 is 0 Å². The first-order valence-corrected chi connectivity index (χ1v) is 6.02. The minimum atomic E-state index is 0.284. The molecule has 0 aliphatic rings. The second kappa shape index (κ2) is 8.25. The van der Waals surface area contributed by atoms with Gasteiger partial charge in [-0.15, -0.1) is 0 Å². The molecule has 0 fully saturated rings. The molecule has 0 amide bonds. The molecular weight excluding hydrogens is 174 g/mol. The van der Waals surface area contributed by atoms with Gasteiger partial charge < -0.3 is 10.4 Å². The molecule has 0 rings (SSSR count).